The van der Waals surface area contributed by atoms with Crippen LogP contribution in [0.1, 0.15) is 0 Å². The van der Waals surface area contributed by atoms with Crippen LogP contribution in [0.4, 0.5) is 0 Å². The number of imidazole rings is 1. The van der Waals surface area contributed by atoms with E-state index in [9.17, 15) is 4.55 Å². The molecule has 0 amide bonds. The summed E-state index contributed by atoms with van der Waals surface area (Å²) in [5, 5.41) is 1.62. The first-order valence-electron chi connectivity index (χ1n) is 2.50. The Morgan fingerprint density at radius 2 is 2.56 bits per heavy atom. The zero-order valence-electron chi connectivity index (χ0n) is 4.50. The summed E-state index contributed by atoms with van der Waals surface area (Å²) < 4.78 is 10.9. The molecule has 3 nitrogen and oxygen atoms in total. The number of aromatic nitrogens is 2. The minimum Gasteiger partial charge on any atom is -0.589 e. The van der Waals surface area contributed by atoms with E-state index < -0.39 is 10.8 Å². The summed E-state index contributed by atoms with van der Waals surface area (Å²) in [6.45, 7) is 0. The molecule has 1 unspecified atom stereocenters. The van der Waals surface area contributed by atoms with E-state index >= 15 is 0 Å². The van der Waals surface area contributed by atoms with Gasteiger partial charge in [0.25, 0.3) is 4.83 Å². The van der Waals surface area contributed by atoms with Gasteiger partial charge in [0, 0.05) is 6.07 Å². The molecule has 2 heterocycles. The maximum atomic E-state index is 10.9. The predicted octanol–water partition coefficient (Wildman–Crippen LogP) is 1.29. The number of fused-ring (bicyclic) bond motifs is 1. The van der Waals surface area contributed by atoms with Crippen LogP contribution in [0.25, 0.3) is 10.3 Å². The molecule has 4 heteroatoms. The summed E-state index contributed by atoms with van der Waals surface area (Å²) in [6, 6.07) is 1.78. The van der Waals surface area contributed by atoms with Gasteiger partial charge < -0.3 is 9.54 Å². The van der Waals surface area contributed by atoms with Crippen LogP contribution < -0.4 is 0 Å². The SMILES string of the molecule is [O-][s+]1ccc2[nH]cnc21. The highest BCUT2D eigenvalue weighted by molar-refractivity contribution is 7.29. The van der Waals surface area contributed by atoms with Crippen molar-refractivity contribution >= 4 is 21.1 Å². The maximum absolute atomic E-state index is 10.9. The summed E-state index contributed by atoms with van der Waals surface area (Å²) in [5.41, 5.74) is 0.869. The van der Waals surface area contributed by atoms with E-state index in [-0.39, 0.29) is 0 Å². The molecule has 2 aromatic heterocycles. The van der Waals surface area contributed by atoms with E-state index in [0.29, 0.717) is 4.83 Å². The Labute approximate surface area is 54.2 Å². The van der Waals surface area contributed by atoms with Crippen molar-refractivity contribution in [1.29, 1.82) is 0 Å². The molecule has 0 spiro atoms. The van der Waals surface area contributed by atoms with Crippen LogP contribution in [0, 0.1) is 0 Å². The molecule has 1 N–H and O–H groups in total. The summed E-state index contributed by atoms with van der Waals surface area (Å²) in [6.07, 6.45) is 1.55. The van der Waals surface area contributed by atoms with Crippen molar-refractivity contribution in [3.05, 3.63) is 17.8 Å². The van der Waals surface area contributed by atoms with E-state index in [4.69, 9.17) is 0 Å². The number of nitrogens with one attached hydrogen (secondary N) is 1. The minimum atomic E-state index is -0.990. The monoisotopic (exact) mass is 140 g/mol. The van der Waals surface area contributed by atoms with Crippen molar-refractivity contribution in [2.45, 2.75) is 0 Å². The van der Waals surface area contributed by atoms with Gasteiger partial charge in [-0.3, -0.25) is 0 Å². The molecule has 0 saturated carbocycles. The Bertz CT molecular complexity index is 324. The summed E-state index contributed by atoms with van der Waals surface area (Å²) in [4.78, 5) is 7.36. The highest BCUT2D eigenvalue weighted by atomic mass is 32.2. The molecule has 0 aromatic carbocycles. The molecule has 46 valence electrons. The predicted molar refractivity (Wildman–Crippen MR) is 34.7 cm³/mol. The van der Waals surface area contributed by atoms with Gasteiger partial charge in [-0.2, -0.15) is 4.98 Å². The molecular formula is C5H4N2OS. The van der Waals surface area contributed by atoms with Crippen molar-refractivity contribution in [2.75, 3.05) is 0 Å². The zero-order chi connectivity index (χ0) is 6.27. The van der Waals surface area contributed by atoms with E-state index in [1.807, 2.05) is 0 Å². The van der Waals surface area contributed by atoms with Gasteiger partial charge in [0.15, 0.2) is 0 Å². The van der Waals surface area contributed by atoms with E-state index in [1.54, 1.807) is 17.8 Å². The summed E-state index contributed by atoms with van der Waals surface area (Å²) in [7, 11) is -0.990. The fraction of sp³-hybridized carbons (Fsp3) is 0. The zero-order valence-corrected chi connectivity index (χ0v) is 5.31. The van der Waals surface area contributed by atoms with E-state index in [0.717, 1.165) is 5.52 Å². The van der Waals surface area contributed by atoms with E-state index in [1.165, 1.54) is 0 Å². The van der Waals surface area contributed by atoms with Crippen LogP contribution in [-0.2, 0) is 0 Å². The molecule has 0 fully saturated rings. The Morgan fingerprint density at radius 3 is 3.33 bits per heavy atom. The lowest BCUT2D eigenvalue weighted by Crippen LogP contribution is -1.55. The third kappa shape index (κ3) is 0.571. The molecule has 0 radical (unpaired) electrons. The van der Waals surface area contributed by atoms with Crippen LogP contribution in [0.15, 0.2) is 17.8 Å². The Hall–Kier alpha value is -0.870. The third-order valence-electron chi connectivity index (χ3n) is 1.18. The lowest BCUT2D eigenvalue weighted by molar-refractivity contribution is 0.599. The van der Waals surface area contributed by atoms with Crippen molar-refractivity contribution in [2.24, 2.45) is 0 Å². The Balaban J connectivity index is 2.99. The van der Waals surface area contributed by atoms with Crippen molar-refractivity contribution in [1.82, 2.24) is 9.97 Å². The number of hydrogen-bond acceptors (Lipinski definition) is 2. The molecular weight excluding hydrogens is 136 g/mol. The lowest BCUT2D eigenvalue weighted by atomic mass is 10.6. The Kier molecular flexibility index (Phi) is 0.856. The van der Waals surface area contributed by atoms with Gasteiger partial charge in [0.05, 0.1) is 6.33 Å². The smallest absolute Gasteiger partial charge is 0.290 e. The van der Waals surface area contributed by atoms with Crippen molar-refractivity contribution < 1.29 is 4.55 Å². The van der Waals surface area contributed by atoms with E-state index in [2.05, 4.69) is 9.97 Å². The number of nitrogens with zero attached hydrogens (tertiary/aromatic N) is 1. The first kappa shape index (κ1) is 4.96. The van der Waals surface area contributed by atoms with Gasteiger partial charge in [-0.05, 0) is 10.8 Å². The quantitative estimate of drug-likeness (QED) is 0.560. The van der Waals surface area contributed by atoms with Gasteiger partial charge in [-0.1, -0.05) is 0 Å². The standard InChI is InChI=1S/C5H4N2OS/c8-9-2-1-4-5(9)7-3-6-4/h1-3H,(H,6,7). The molecule has 0 saturated heterocycles. The molecule has 2 aromatic rings. The van der Waals surface area contributed by atoms with Gasteiger partial charge in [0.1, 0.15) is 10.9 Å². The largest absolute Gasteiger partial charge is 0.589 e. The highest BCUT2D eigenvalue weighted by Crippen LogP contribution is 2.23. The van der Waals surface area contributed by atoms with Gasteiger partial charge in [-0.15, -0.1) is 0 Å². The molecule has 2 rings (SSSR count). The average Bonchev–Trinajstić information content (AvgIpc) is 2.35. The molecule has 9 heavy (non-hydrogen) atoms. The number of thiophene rings is 1. The summed E-state index contributed by atoms with van der Waals surface area (Å²) >= 11 is 0. The number of rotatable bonds is 0. The summed E-state index contributed by atoms with van der Waals surface area (Å²) in [5.74, 6) is 0. The van der Waals surface area contributed by atoms with Crippen LogP contribution in [-0.4, -0.2) is 14.5 Å². The highest BCUT2D eigenvalue weighted by Gasteiger charge is 2.04. The first-order chi connectivity index (χ1) is 4.38. The number of H-pyrrole nitrogens is 1. The fourth-order valence-electron chi connectivity index (χ4n) is 0.766. The van der Waals surface area contributed by atoms with Crippen molar-refractivity contribution in [3.63, 3.8) is 0 Å². The topological polar surface area (TPSA) is 51.7 Å². The first-order valence-corrected chi connectivity index (χ1v) is 3.71. The van der Waals surface area contributed by atoms with Crippen LogP contribution in [0.3, 0.4) is 0 Å². The minimum absolute atomic E-state index is 0.648. The molecule has 0 aliphatic heterocycles. The van der Waals surface area contributed by atoms with Gasteiger partial charge in [-0.25, -0.2) is 0 Å². The van der Waals surface area contributed by atoms with Crippen LogP contribution in [0.2, 0.25) is 0 Å². The number of aromatic amines is 1. The lowest BCUT2D eigenvalue weighted by Gasteiger charge is -1.78. The molecule has 1 atom stereocenters. The molecule has 0 aliphatic rings. The van der Waals surface area contributed by atoms with Crippen LogP contribution >= 0.6 is 10.8 Å². The van der Waals surface area contributed by atoms with Crippen LogP contribution in [0.5, 0.6) is 0 Å². The molecule has 0 bridgehead atoms. The van der Waals surface area contributed by atoms with Crippen molar-refractivity contribution in [3.8, 4) is 0 Å². The maximum Gasteiger partial charge on any atom is 0.290 e. The second kappa shape index (κ2) is 1.55. The second-order valence-corrected chi connectivity index (χ2v) is 2.98. The normalized spacial score (nSPS) is 12.8. The average molecular weight is 140 g/mol. The molecule has 0 aliphatic carbocycles. The fourth-order valence-corrected chi connectivity index (χ4v) is 1.65. The van der Waals surface area contributed by atoms with Gasteiger partial charge >= 0.3 is 0 Å². The second-order valence-electron chi connectivity index (χ2n) is 1.72. The van der Waals surface area contributed by atoms with Gasteiger partial charge in [0.2, 0.25) is 0 Å². The number of hydrogen-bond donors (Lipinski definition) is 1. The third-order valence-corrected chi connectivity index (χ3v) is 2.27. The Morgan fingerprint density at radius 1 is 1.67 bits per heavy atom.